The van der Waals surface area contributed by atoms with Crippen LogP contribution in [-0.4, -0.2) is 14.7 Å². The van der Waals surface area contributed by atoms with Crippen molar-refractivity contribution in [2.75, 3.05) is 6.26 Å². The Morgan fingerprint density at radius 1 is 1.40 bits per heavy atom. The van der Waals surface area contributed by atoms with E-state index in [0.717, 1.165) is 21.9 Å². The molecule has 0 heterocycles. The normalized spacial score (nSPS) is 11.5. The summed E-state index contributed by atoms with van der Waals surface area (Å²) in [6, 6.07) is 3.53. The van der Waals surface area contributed by atoms with Gasteiger partial charge in [-0.25, -0.2) is 0 Å². The van der Waals surface area contributed by atoms with Crippen LogP contribution in [-0.2, 0) is 15.4 Å². The van der Waals surface area contributed by atoms with Crippen molar-refractivity contribution >= 4 is 42.0 Å². The Hall–Kier alpha value is -0.0700. The van der Waals surface area contributed by atoms with E-state index in [4.69, 9.17) is 4.18 Å². The largest absolute Gasteiger partial charge is 0.382 e. The lowest BCUT2D eigenvalue weighted by atomic mass is 10.1. The van der Waals surface area contributed by atoms with Gasteiger partial charge >= 0.3 is 10.1 Å². The quantitative estimate of drug-likeness (QED) is 0.617. The molecule has 0 spiro atoms. The predicted molar refractivity (Wildman–Crippen MR) is 67.0 cm³/mol. The summed E-state index contributed by atoms with van der Waals surface area (Å²) in [5.41, 5.74) is 1.84. The summed E-state index contributed by atoms with van der Waals surface area (Å²) in [5.74, 6) is 0.356. The van der Waals surface area contributed by atoms with Gasteiger partial charge in [0.25, 0.3) is 0 Å². The molecule has 0 amide bonds. The maximum absolute atomic E-state index is 11.0. The van der Waals surface area contributed by atoms with Gasteiger partial charge in [0.15, 0.2) is 0 Å². The first-order chi connectivity index (χ1) is 6.83. The van der Waals surface area contributed by atoms with E-state index in [0.29, 0.717) is 11.1 Å². The molecule has 0 saturated heterocycles. The van der Waals surface area contributed by atoms with Crippen LogP contribution >= 0.6 is 31.9 Å². The summed E-state index contributed by atoms with van der Waals surface area (Å²) in [6.45, 7) is 1.80. The molecule has 0 saturated carbocycles. The van der Waals surface area contributed by atoms with Crippen LogP contribution < -0.4 is 4.18 Å². The minimum atomic E-state index is -3.47. The summed E-state index contributed by atoms with van der Waals surface area (Å²) in [4.78, 5) is 0. The highest BCUT2D eigenvalue weighted by molar-refractivity contribution is 9.10. The molecule has 0 N–H and O–H groups in total. The third-order valence-electron chi connectivity index (χ3n) is 1.73. The zero-order valence-electron chi connectivity index (χ0n) is 8.25. The molecule has 0 aromatic heterocycles. The Morgan fingerprint density at radius 2 is 2.00 bits per heavy atom. The Morgan fingerprint density at radius 3 is 2.47 bits per heavy atom. The molecule has 0 aliphatic heterocycles. The van der Waals surface area contributed by atoms with Crippen molar-refractivity contribution in [2.24, 2.45) is 0 Å². The van der Waals surface area contributed by atoms with Gasteiger partial charge in [-0.05, 0) is 24.1 Å². The molecule has 0 radical (unpaired) electrons. The first-order valence-electron chi connectivity index (χ1n) is 4.08. The van der Waals surface area contributed by atoms with Crippen molar-refractivity contribution in [3.05, 3.63) is 27.7 Å². The van der Waals surface area contributed by atoms with Crippen LogP contribution in [0.4, 0.5) is 0 Å². The number of rotatable bonds is 3. The van der Waals surface area contributed by atoms with Crippen LogP contribution in [0.15, 0.2) is 16.6 Å². The minimum Gasteiger partial charge on any atom is -0.382 e. The van der Waals surface area contributed by atoms with Crippen molar-refractivity contribution in [3.8, 4) is 5.75 Å². The SMILES string of the molecule is Cc1cc(CBr)c(Br)cc1OS(C)(=O)=O. The van der Waals surface area contributed by atoms with Crippen molar-refractivity contribution in [2.45, 2.75) is 12.3 Å². The first kappa shape index (κ1) is 13.0. The van der Waals surface area contributed by atoms with Gasteiger partial charge in [0, 0.05) is 9.80 Å². The summed E-state index contributed by atoms with van der Waals surface area (Å²) in [5, 5.41) is 0.702. The predicted octanol–water partition coefficient (Wildman–Crippen LogP) is 2.99. The molecule has 84 valence electrons. The fourth-order valence-electron chi connectivity index (χ4n) is 1.08. The van der Waals surface area contributed by atoms with Gasteiger partial charge in [0.1, 0.15) is 5.75 Å². The number of aryl methyl sites for hydroxylation is 1. The van der Waals surface area contributed by atoms with Gasteiger partial charge in [-0.2, -0.15) is 8.42 Å². The van der Waals surface area contributed by atoms with Crippen molar-refractivity contribution in [1.29, 1.82) is 0 Å². The number of hydrogen-bond donors (Lipinski definition) is 0. The first-order valence-corrected chi connectivity index (χ1v) is 7.81. The van der Waals surface area contributed by atoms with Crippen molar-refractivity contribution < 1.29 is 12.6 Å². The maximum Gasteiger partial charge on any atom is 0.306 e. The molecule has 1 aromatic carbocycles. The second-order valence-electron chi connectivity index (χ2n) is 3.13. The van der Waals surface area contributed by atoms with Gasteiger partial charge in [-0.3, -0.25) is 0 Å². The van der Waals surface area contributed by atoms with Crippen molar-refractivity contribution in [3.63, 3.8) is 0 Å². The summed E-state index contributed by atoms with van der Waals surface area (Å²) in [7, 11) is -3.47. The van der Waals surface area contributed by atoms with E-state index in [1.807, 2.05) is 6.07 Å². The fraction of sp³-hybridized carbons (Fsp3) is 0.333. The van der Waals surface area contributed by atoms with Gasteiger partial charge in [0.05, 0.1) is 6.26 Å². The summed E-state index contributed by atoms with van der Waals surface area (Å²) >= 11 is 6.68. The van der Waals surface area contributed by atoms with Crippen LogP contribution in [0, 0.1) is 6.92 Å². The molecular weight excluding hydrogens is 348 g/mol. The van der Waals surface area contributed by atoms with Gasteiger partial charge in [-0.15, -0.1) is 0 Å². The number of hydrogen-bond acceptors (Lipinski definition) is 3. The molecule has 1 rings (SSSR count). The van der Waals surface area contributed by atoms with Gasteiger partial charge in [-0.1, -0.05) is 37.9 Å². The average molecular weight is 358 g/mol. The molecule has 0 atom stereocenters. The highest BCUT2D eigenvalue weighted by Crippen LogP contribution is 2.29. The maximum atomic E-state index is 11.0. The average Bonchev–Trinajstić information content (AvgIpc) is 2.08. The molecule has 0 unspecified atom stereocenters. The highest BCUT2D eigenvalue weighted by Gasteiger charge is 2.10. The molecule has 0 aliphatic carbocycles. The Balaban J connectivity index is 3.17. The topological polar surface area (TPSA) is 43.4 Å². The molecule has 6 heteroatoms. The van der Waals surface area contributed by atoms with Crippen LogP contribution in [0.2, 0.25) is 0 Å². The molecule has 0 fully saturated rings. The second kappa shape index (κ2) is 4.84. The van der Waals surface area contributed by atoms with E-state index in [-0.39, 0.29) is 0 Å². The van der Waals surface area contributed by atoms with Crippen LogP contribution in [0.25, 0.3) is 0 Å². The van der Waals surface area contributed by atoms with Crippen molar-refractivity contribution in [1.82, 2.24) is 0 Å². The molecule has 15 heavy (non-hydrogen) atoms. The van der Waals surface area contributed by atoms with Gasteiger partial charge in [0.2, 0.25) is 0 Å². The zero-order chi connectivity index (χ0) is 11.6. The Bertz CT molecular complexity index is 468. The lowest BCUT2D eigenvalue weighted by Crippen LogP contribution is -2.07. The smallest absolute Gasteiger partial charge is 0.306 e. The van der Waals surface area contributed by atoms with Crippen LogP contribution in [0.5, 0.6) is 5.75 Å². The fourth-order valence-corrected chi connectivity index (χ4v) is 2.89. The minimum absolute atomic E-state index is 0.356. The third kappa shape index (κ3) is 3.77. The molecule has 1 aromatic rings. The standard InChI is InChI=1S/C9H10Br2O3S/c1-6-3-7(5-10)8(11)4-9(6)14-15(2,12)13/h3-4H,5H2,1-2H3. The van der Waals surface area contributed by atoms with Crippen LogP contribution in [0.1, 0.15) is 11.1 Å². The lowest BCUT2D eigenvalue weighted by Gasteiger charge is -2.09. The molecular formula is C9H10Br2O3S. The highest BCUT2D eigenvalue weighted by atomic mass is 79.9. The van der Waals surface area contributed by atoms with E-state index in [1.54, 1.807) is 13.0 Å². The number of alkyl halides is 1. The van der Waals surface area contributed by atoms with E-state index in [2.05, 4.69) is 31.9 Å². The van der Waals surface area contributed by atoms with E-state index in [1.165, 1.54) is 0 Å². The zero-order valence-corrected chi connectivity index (χ0v) is 12.2. The van der Waals surface area contributed by atoms with Gasteiger partial charge < -0.3 is 4.18 Å². The lowest BCUT2D eigenvalue weighted by molar-refractivity contribution is 0.491. The Kier molecular flexibility index (Phi) is 4.20. The molecule has 0 bridgehead atoms. The number of benzene rings is 1. The second-order valence-corrected chi connectivity index (χ2v) is 6.12. The summed E-state index contributed by atoms with van der Waals surface area (Å²) in [6.07, 6.45) is 1.03. The third-order valence-corrected chi connectivity index (χ3v) is 3.55. The number of halogens is 2. The Labute approximate surface area is 106 Å². The summed E-state index contributed by atoms with van der Waals surface area (Å²) < 4.78 is 27.6. The van der Waals surface area contributed by atoms with E-state index < -0.39 is 10.1 Å². The molecule has 0 aliphatic rings. The molecule has 3 nitrogen and oxygen atoms in total. The van der Waals surface area contributed by atoms with E-state index >= 15 is 0 Å². The van der Waals surface area contributed by atoms with Crippen LogP contribution in [0.3, 0.4) is 0 Å². The van der Waals surface area contributed by atoms with E-state index in [9.17, 15) is 8.42 Å². The monoisotopic (exact) mass is 356 g/mol.